The smallest absolute Gasteiger partial charge is 0.301 e. The Hall–Kier alpha value is -2.15. The number of aryl methyl sites for hydroxylation is 2. The molecule has 0 fully saturated rings. The van der Waals surface area contributed by atoms with Crippen molar-refractivity contribution < 1.29 is 4.92 Å². The summed E-state index contributed by atoms with van der Waals surface area (Å²) in [5.41, 5.74) is 1.92. The summed E-state index contributed by atoms with van der Waals surface area (Å²) in [5.74, 6) is 0.586. The highest BCUT2D eigenvalue weighted by atomic mass is 32.2. The van der Waals surface area contributed by atoms with Crippen molar-refractivity contribution in [3.05, 3.63) is 45.6 Å². The van der Waals surface area contributed by atoms with Gasteiger partial charge in [0.25, 0.3) is 0 Å². The molecule has 104 valence electrons. The van der Waals surface area contributed by atoms with E-state index in [1.807, 2.05) is 26.0 Å². The molecular weight excluding hydrogens is 276 g/mol. The van der Waals surface area contributed by atoms with Gasteiger partial charge in [0.05, 0.1) is 4.92 Å². The van der Waals surface area contributed by atoms with Crippen molar-refractivity contribution in [1.29, 1.82) is 0 Å². The zero-order chi connectivity index (χ0) is 14.7. The maximum atomic E-state index is 11.1. The van der Waals surface area contributed by atoms with Gasteiger partial charge in [-0.3, -0.25) is 10.1 Å². The lowest BCUT2D eigenvalue weighted by Crippen LogP contribution is -1.98. The number of aromatic nitrogens is 2. The van der Waals surface area contributed by atoms with E-state index in [0.29, 0.717) is 15.9 Å². The second-order valence-corrected chi connectivity index (χ2v) is 5.26. The second kappa shape index (κ2) is 5.87. The van der Waals surface area contributed by atoms with Crippen LogP contribution < -0.4 is 5.32 Å². The van der Waals surface area contributed by atoms with Gasteiger partial charge in [-0.25, -0.2) is 9.97 Å². The SMILES string of the molecule is CNc1ccc([N+](=O)[O-])c(Sc2cc(C)cc(C)n2)n1. The molecule has 2 aromatic rings. The minimum atomic E-state index is -0.433. The second-order valence-electron chi connectivity index (χ2n) is 4.25. The van der Waals surface area contributed by atoms with Crippen LogP contribution in [0.15, 0.2) is 34.3 Å². The van der Waals surface area contributed by atoms with E-state index in [9.17, 15) is 10.1 Å². The summed E-state index contributed by atoms with van der Waals surface area (Å²) >= 11 is 1.20. The van der Waals surface area contributed by atoms with Crippen LogP contribution in [0, 0.1) is 24.0 Å². The molecule has 0 amide bonds. The Balaban J connectivity index is 2.42. The first-order chi connectivity index (χ1) is 9.49. The van der Waals surface area contributed by atoms with Crippen LogP contribution in [0.3, 0.4) is 0 Å². The van der Waals surface area contributed by atoms with Crippen molar-refractivity contribution in [2.75, 3.05) is 12.4 Å². The van der Waals surface area contributed by atoms with Gasteiger partial charge in [-0.15, -0.1) is 0 Å². The number of nitrogens with zero attached hydrogens (tertiary/aromatic N) is 3. The van der Waals surface area contributed by atoms with Crippen LogP contribution in [-0.2, 0) is 0 Å². The molecule has 6 nitrogen and oxygen atoms in total. The first kappa shape index (κ1) is 14.3. The fourth-order valence-corrected chi connectivity index (χ4v) is 2.77. The minimum absolute atomic E-state index is 0.0186. The molecule has 0 unspecified atom stereocenters. The number of nitro groups is 1. The van der Waals surface area contributed by atoms with Crippen LogP contribution in [0.4, 0.5) is 11.5 Å². The Labute approximate surface area is 120 Å². The zero-order valence-electron chi connectivity index (χ0n) is 11.4. The lowest BCUT2D eigenvalue weighted by Gasteiger charge is -2.06. The van der Waals surface area contributed by atoms with E-state index in [1.165, 1.54) is 17.8 Å². The van der Waals surface area contributed by atoms with E-state index in [1.54, 1.807) is 13.1 Å². The Bertz CT molecular complexity index is 641. The van der Waals surface area contributed by atoms with Crippen molar-refractivity contribution in [3.63, 3.8) is 0 Å². The van der Waals surface area contributed by atoms with Gasteiger partial charge in [0.2, 0.25) is 0 Å². The number of pyridine rings is 2. The number of nitrogens with one attached hydrogen (secondary N) is 1. The average molecular weight is 290 g/mol. The minimum Gasteiger partial charge on any atom is -0.373 e. The molecule has 1 N–H and O–H groups in total. The molecule has 0 radical (unpaired) electrons. The third-order valence-electron chi connectivity index (χ3n) is 2.57. The first-order valence-electron chi connectivity index (χ1n) is 5.96. The number of hydrogen-bond donors (Lipinski definition) is 1. The van der Waals surface area contributed by atoms with E-state index >= 15 is 0 Å². The Morgan fingerprint density at radius 3 is 2.60 bits per heavy atom. The lowest BCUT2D eigenvalue weighted by atomic mass is 10.3. The molecule has 20 heavy (non-hydrogen) atoms. The fourth-order valence-electron chi connectivity index (χ4n) is 1.74. The van der Waals surface area contributed by atoms with Crippen LogP contribution >= 0.6 is 11.8 Å². The van der Waals surface area contributed by atoms with Gasteiger partial charge in [0, 0.05) is 18.8 Å². The van der Waals surface area contributed by atoms with Gasteiger partial charge in [0.1, 0.15) is 10.8 Å². The maximum absolute atomic E-state index is 11.1. The first-order valence-corrected chi connectivity index (χ1v) is 6.77. The van der Waals surface area contributed by atoms with Crippen LogP contribution in [0.2, 0.25) is 0 Å². The molecule has 0 aliphatic rings. The summed E-state index contributed by atoms with van der Waals surface area (Å²) in [4.78, 5) is 19.2. The van der Waals surface area contributed by atoms with Gasteiger partial charge in [-0.2, -0.15) is 0 Å². The van der Waals surface area contributed by atoms with Gasteiger partial charge in [-0.1, -0.05) is 0 Å². The Morgan fingerprint density at radius 1 is 1.25 bits per heavy atom. The molecule has 0 bridgehead atoms. The molecule has 2 heterocycles. The predicted octanol–water partition coefficient (Wildman–Crippen LogP) is 3.19. The van der Waals surface area contributed by atoms with Crippen molar-refractivity contribution in [2.24, 2.45) is 0 Å². The summed E-state index contributed by atoms with van der Waals surface area (Å²) in [6, 6.07) is 6.87. The van der Waals surface area contributed by atoms with E-state index < -0.39 is 4.92 Å². The number of rotatable bonds is 4. The molecule has 2 rings (SSSR count). The van der Waals surface area contributed by atoms with Crippen molar-refractivity contribution in [2.45, 2.75) is 23.9 Å². The van der Waals surface area contributed by atoms with Crippen molar-refractivity contribution in [1.82, 2.24) is 9.97 Å². The molecule has 0 saturated carbocycles. The molecular formula is C13H14N4O2S. The number of anilines is 1. The van der Waals surface area contributed by atoms with Crippen molar-refractivity contribution >= 4 is 23.3 Å². The molecule has 0 spiro atoms. The molecule has 0 aliphatic heterocycles. The largest absolute Gasteiger partial charge is 0.373 e. The average Bonchev–Trinajstić information content (AvgIpc) is 2.37. The van der Waals surface area contributed by atoms with Gasteiger partial charge >= 0.3 is 5.69 Å². The van der Waals surface area contributed by atoms with Gasteiger partial charge in [-0.05, 0) is 49.4 Å². The summed E-state index contributed by atoms with van der Waals surface area (Å²) in [6.45, 7) is 3.85. The molecule has 0 saturated heterocycles. The molecule has 7 heteroatoms. The van der Waals surface area contributed by atoms with E-state index in [2.05, 4.69) is 15.3 Å². The van der Waals surface area contributed by atoms with Crippen LogP contribution in [-0.4, -0.2) is 21.9 Å². The lowest BCUT2D eigenvalue weighted by molar-refractivity contribution is -0.388. The van der Waals surface area contributed by atoms with E-state index in [0.717, 1.165) is 11.3 Å². The van der Waals surface area contributed by atoms with E-state index in [-0.39, 0.29) is 5.69 Å². The summed E-state index contributed by atoms with van der Waals surface area (Å²) in [7, 11) is 1.72. The quantitative estimate of drug-likeness (QED) is 0.688. The summed E-state index contributed by atoms with van der Waals surface area (Å²) in [5, 5.41) is 15.0. The third-order valence-corrected chi connectivity index (χ3v) is 3.48. The van der Waals surface area contributed by atoms with Gasteiger partial charge in [0.15, 0.2) is 5.03 Å². The molecule has 0 aliphatic carbocycles. The Morgan fingerprint density at radius 2 is 2.00 bits per heavy atom. The van der Waals surface area contributed by atoms with Crippen molar-refractivity contribution in [3.8, 4) is 0 Å². The number of hydrogen-bond acceptors (Lipinski definition) is 6. The molecule has 0 atom stereocenters. The Kier molecular flexibility index (Phi) is 4.19. The summed E-state index contributed by atoms with van der Waals surface area (Å²) < 4.78 is 0. The van der Waals surface area contributed by atoms with Crippen LogP contribution in [0.5, 0.6) is 0 Å². The standard InChI is InChI=1S/C13H14N4O2S/c1-8-6-9(2)15-12(7-8)20-13-10(17(18)19)4-5-11(14-3)16-13/h4-7H,1-3H3,(H,14,16). The highest BCUT2D eigenvalue weighted by Crippen LogP contribution is 2.33. The van der Waals surface area contributed by atoms with Crippen LogP contribution in [0.1, 0.15) is 11.3 Å². The van der Waals surface area contributed by atoms with Gasteiger partial charge < -0.3 is 5.32 Å². The predicted molar refractivity (Wildman–Crippen MR) is 78.3 cm³/mol. The molecule has 2 aromatic heterocycles. The third kappa shape index (κ3) is 3.24. The van der Waals surface area contributed by atoms with E-state index in [4.69, 9.17) is 0 Å². The van der Waals surface area contributed by atoms with Crippen LogP contribution in [0.25, 0.3) is 0 Å². The highest BCUT2D eigenvalue weighted by Gasteiger charge is 2.17. The summed E-state index contributed by atoms with van der Waals surface area (Å²) in [6.07, 6.45) is 0. The fraction of sp³-hybridized carbons (Fsp3) is 0.231. The highest BCUT2D eigenvalue weighted by molar-refractivity contribution is 7.99. The normalized spacial score (nSPS) is 10.3. The topological polar surface area (TPSA) is 81.0 Å². The maximum Gasteiger partial charge on any atom is 0.301 e. The molecule has 0 aromatic carbocycles. The zero-order valence-corrected chi connectivity index (χ0v) is 12.2. The monoisotopic (exact) mass is 290 g/mol.